The van der Waals surface area contributed by atoms with E-state index in [0.717, 1.165) is 18.5 Å². The molecule has 1 saturated carbocycles. The Labute approximate surface area is 135 Å². The van der Waals surface area contributed by atoms with Crippen molar-refractivity contribution in [3.63, 3.8) is 0 Å². The van der Waals surface area contributed by atoms with Gasteiger partial charge in [-0.15, -0.1) is 0 Å². The van der Waals surface area contributed by atoms with Gasteiger partial charge in [-0.1, -0.05) is 6.07 Å². The maximum Gasteiger partial charge on any atom is 0.280 e. The Hall–Kier alpha value is -2.90. The van der Waals surface area contributed by atoms with Crippen molar-refractivity contribution >= 4 is 17.4 Å². The Morgan fingerprint density at radius 2 is 2.08 bits per heavy atom. The summed E-state index contributed by atoms with van der Waals surface area (Å²) in [5.41, 5.74) is 1.20. The maximum absolute atomic E-state index is 12.7. The molecule has 0 bridgehead atoms. The summed E-state index contributed by atoms with van der Waals surface area (Å²) >= 11 is 0. The van der Waals surface area contributed by atoms with Gasteiger partial charge in [0.25, 0.3) is 12.3 Å². The number of hydrogen-bond acceptors (Lipinski definition) is 4. The molecule has 1 aliphatic rings. The summed E-state index contributed by atoms with van der Waals surface area (Å²) in [6.45, 7) is 0. The normalized spacial score (nSPS) is 14.3. The highest BCUT2D eigenvalue weighted by atomic mass is 19.3. The fraction of sp³-hybridized carbons (Fsp3) is 0.250. The van der Waals surface area contributed by atoms with Crippen molar-refractivity contribution in [1.29, 1.82) is 0 Å². The highest BCUT2D eigenvalue weighted by molar-refractivity contribution is 6.02. The average molecular weight is 329 g/mol. The standard InChI is InChI=1S/C16H13F2N5O/c17-15(18)10-2-1-3-11(20-10)16(24)22-13-8-23-7-12(9-4-5-9)21-14(23)6-19-13/h1-3,6-9,15H,4-5H2,(H,22,24). The quantitative estimate of drug-likeness (QED) is 0.798. The molecular formula is C16H13F2N5O. The number of nitrogens with zero attached hydrogens (tertiary/aromatic N) is 4. The smallest absolute Gasteiger partial charge is 0.280 e. The summed E-state index contributed by atoms with van der Waals surface area (Å²) in [7, 11) is 0. The molecule has 4 rings (SSSR count). The Bertz CT molecular complexity index is 920. The number of carbonyl (C=O) groups excluding carboxylic acids is 1. The average Bonchev–Trinajstić information content (AvgIpc) is 3.34. The van der Waals surface area contributed by atoms with E-state index in [4.69, 9.17) is 0 Å². The third-order valence-electron chi connectivity index (χ3n) is 3.82. The van der Waals surface area contributed by atoms with Crippen molar-refractivity contribution in [1.82, 2.24) is 19.4 Å². The van der Waals surface area contributed by atoms with Crippen LogP contribution in [0.25, 0.3) is 5.65 Å². The van der Waals surface area contributed by atoms with Crippen molar-refractivity contribution in [2.24, 2.45) is 0 Å². The number of hydrogen-bond donors (Lipinski definition) is 1. The van der Waals surface area contributed by atoms with Crippen molar-refractivity contribution in [2.75, 3.05) is 5.32 Å². The van der Waals surface area contributed by atoms with Gasteiger partial charge in [-0.3, -0.25) is 4.79 Å². The molecule has 0 aliphatic heterocycles. The Morgan fingerprint density at radius 3 is 2.83 bits per heavy atom. The summed E-state index contributed by atoms with van der Waals surface area (Å²) in [4.78, 5) is 24.4. The number of nitrogens with one attached hydrogen (secondary N) is 1. The van der Waals surface area contributed by atoms with Gasteiger partial charge >= 0.3 is 0 Å². The van der Waals surface area contributed by atoms with Crippen LogP contribution in [0.1, 0.15) is 47.1 Å². The van der Waals surface area contributed by atoms with Gasteiger partial charge in [0.1, 0.15) is 17.2 Å². The molecule has 3 heterocycles. The highest BCUT2D eigenvalue weighted by Crippen LogP contribution is 2.39. The Balaban J connectivity index is 1.56. The van der Waals surface area contributed by atoms with Crippen LogP contribution in [0.4, 0.5) is 14.6 Å². The van der Waals surface area contributed by atoms with E-state index in [9.17, 15) is 13.6 Å². The number of amides is 1. The van der Waals surface area contributed by atoms with Crippen LogP contribution < -0.4 is 5.32 Å². The van der Waals surface area contributed by atoms with Gasteiger partial charge in [0.05, 0.1) is 18.1 Å². The fourth-order valence-electron chi connectivity index (χ4n) is 2.44. The molecule has 0 atom stereocenters. The van der Waals surface area contributed by atoms with E-state index in [-0.39, 0.29) is 5.69 Å². The molecule has 1 amide bonds. The summed E-state index contributed by atoms with van der Waals surface area (Å²) in [5.74, 6) is 0.229. The van der Waals surface area contributed by atoms with Crippen LogP contribution in [-0.4, -0.2) is 25.3 Å². The van der Waals surface area contributed by atoms with Crippen LogP contribution in [0.15, 0.2) is 36.8 Å². The zero-order chi connectivity index (χ0) is 16.7. The van der Waals surface area contributed by atoms with E-state index >= 15 is 0 Å². The fourth-order valence-corrected chi connectivity index (χ4v) is 2.44. The number of alkyl halides is 2. The van der Waals surface area contributed by atoms with Crippen molar-refractivity contribution in [2.45, 2.75) is 25.2 Å². The van der Waals surface area contributed by atoms with Gasteiger partial charge in [0.2, 0.25) is 0 Å². The number of imidazole rings is 1. The monoisotopic (exact) mass is 329 g/mol. The van der Waals surface area contributed by atoms with Gasteiger partial charge in [-0.25, -0.2) is 23.7 Å². The summed E-state index contributed by atoms with van der Waals surface area (Å²) in [5, 5.41) is 2.56. The first-order valence-corrected chi connectivity index (χ1v) is 7.51. The van der Waals surface area contributed by atoms with Crippen LogP contribution in [0.3, 0.4) is 0 Å². The minimum Gasteiger partial charge on any atom is -0.304 e. The van der Waals surface area contributed by atoms with E-state index in [1.54, 1.807) is 16.8 Å². The van der Waals surface area contributed by atoms with Gasteiger partial charge in [0.15, 0.2) is 5.65 Å². The number of carbonyl (C=O) groups is 1. The molecule has 0 aromatic carbocycles. The predicted molar refractivity (Wildman–Crippen MR) is 82.1 cm³/mol. The number of rotatable bonds is 4. The van der Waals surface area contributed by atoms with Gasteiger partial charge in [-0.05, 0) is 25.0 Å². The van der Waals surface area contributed by atoms with Crippen molar-refractivity contribution in [3.8, 4) is 0 Å². The molecule has 24 heavy (non-hydrogen) atoms. The van der Waals surface area contributed by atoms with Crippen LogP contribution in [0.5, 0.6) is 0 Å². The summed E-state index contributed by atoms with van der Waals surface area (Å²) < 4.78 is 27.1. The lowest BCUT2D eigenvalue weighted by Crippen LogP contribution is -2.15. The first kappa shape index (κ1) is 14.7. The molecule has 122 valence electrons. The topological polar surface area (TPSA) is 72.2 Å². The molecule has 0 saturated heterocycles. The molecule has 1 aliphatic carbocycles. The molecule has 8 heteroatoms. The maximum atomic E-state index is 12.7. The number of aromatic nitrogens is 4. The molecule has 3 aromatic heterocycles. The zero-order valence-corrected chi connectivity index (χ0v) is 12.5. The Kier molecular flexibility index (Phi) is 3.44. The molecular weight excluding hydrogens is 316 g/mol. The van der Waals surface area contributed by atoms with E-state index < -0.39 is 18.0 Å². The minimum atomic E-state index is -2.72. The second kappa shape index (κ2) is 5.63. The van der Waals surface area contributed by atoms with Crippen LogP contribution in [0.2, 0.25) is 0 Å². The Morgan fingerprint density at radius 1 is 1.25 bits per heavy atom. The largest absolute Gasteiger partial charge is 0.304 e. The number of halogens is 2. The summed E-state index contributed by atoms with van der Waals surface area (Å²) in [6, 6.07) is 3.93. The van der Waals surface area contributed by atoms with Gasteiger partial charge < -0.3 is 9.72 Å². The lowest BCUT2D eigenvalue weighted by atomic mass is 10.3. The highest BCUT2D eigenvalue weighted by Gasteiger charge is 2.26. The van der Waals surface area contributed by atoms with Crippen LogP contribution in [0, 0.1) is 0 Å². The second-order valence-electron chi connectivity index (χ2n) is 5.68. The minimum absolute atomic E-state index is 0.0843. The third-order valence-corrected chi connectivity index (χ3v) is 3.82. The third kappa shape index (κ3) is 2.82. The van der Waals surface area contributed by atoms with E-state index in [1.165, 1.54) is 18.2 Å². The van der Waals surface area contributed by atoms with Crippen LogP contribution in [-0.2, 0) is 0 Å². The number of anilines is 1. The zero-order valence-electron chi connectivity index (χ0n) is 12.5. The molecule has 6 nitrogen and oxygen atoms in total. The van der Waals surface area contributed by atoms with E-state index in [2.05, 4.69) is 20.3 Å². The van der Waals surface area contributed by atoms with E-state index in [1.807, 2.05) is 6.20 Å². The molecule has 0 spiro atoms. The van der Waals surface area contributed by atoms with Crippen LogP contribution >= 0.6 is 0 Å². The molecule has 0 radical (unpaired) electrons. The molecule has 1 fully saturated rings. The SMILES string of the molecule is O=C(Nc1cn2cc(C3CC3)nc2cn1)c1cccc(C(F)F)n1. The molecule has 1 N–H and O–H groups in total. The van der Waals surface area contributed by atoms with E-state index in [0.29, 0.717) is 17.4 Å². The predicted octanol–water partition coefficient (Wildman–Crippen LogP) is 3.19. The van der Waals surface area contributed by atoms with Crippen molar-refractivity contribution < 1.29 is 13.6 Å². The van der Waals surface area contributed by atoms with Gasteiger partial charge in [0, 0.05) is 12.1 Å². The van der Waals surface area contributed by atoms with Gasteiger partial charge in [-0.2, -0.15) is 0 Å². The first-order chi connectivity index (χ1) is 11.6. The lowest BCUT2D eigenvalue weighted by molar-refractivity contribution is 0.101. The number of pyridine rings is 1. The second-order valence-corrected chi connectivity index (χ2v) is 5.68. The van der Waals surface area contributed by atoms with Crippen molar-refractivity contribution in [3.05, 3.63) is 53.9 Å². The lowest BCUT2D eigenvalue weighted by Gasteiger charge is -2.05. The molecule has 0 unspecified atom stereocenters. The first-order valence-electron chi connectivity index (χ1n) is 7.51. The number of fused-ring (bicyclic) bond motifs is 1. The summed E-state index contributed by atoms with van der Waals surface area (Å²) in [6.07, 6.45) is 4.69. The molecule has 3 aromatic rings.